The second-order valence-electron chi connectivity index (χ2n) is 4.81. The lowest BCUT2D eigenvalue weighted by atomic mass is 9.90. The number of esters is 1. The van der Waals surface area contributed by atoms with Gasteiger partial charge in [0.15, 0.2) is 0 Å². The van der Waals surface area contributed by atoms with Crippen LogP contribution in [0.1, 0.15) is 42.5 Å². The van der Waals surface area contributed by atoms with E-state index in [1.807, 2.05) is 0 Å². The van der Waals surface area contributed by atoms with Gasteiger partial charge in [0.2, 0.25) is 0 Å². The molecule has 0 radical (unpaired) electrons. The lowest BCUT2D eigenvalue weighted by Gasteiger charge is -2.21. The highest BCUT2D eigenvalue weighted by Crippen LogP contribution is 2.26. The molecule has 2 N–H and O–H groups in total. The fourth-order valence-electron chi connectivity index (χ4n) is 2.38. The third-order valence-electron chi connectivity index (χ3n) is 3.42. The third-order valence-corrected chi connectivity index (χ3v) is 3.74. The maximum Gasteiger partial charge on any atom is 0.341 e. The van der Waals surface area contributed by atoms with Gasteiger partial charge in [0, 0.05) is 5.69 Å². The van der Waals surface area contributed by atoms with E-state index in [1.165, 1.54) is 19.3 Å². The minimum absolute atomic E-state index is 0.287. The Morgan fingerprint density at radius 2 is 2.06 bits per heavy atom. The first-order valence-corrected chi connectivity index (χ1v) is 6.77. The van der Waals surface area contributed by atoms with Gasteiger partial charge in [0.25, 0.3) is 0 Å². The van der Waals surface area contributed by atoms with Gasteiger partial charge in [-0.1, -0.05) is 36.9 Å². The Bertz CT molecular complexity index is 408. The molecule has 0 aliphatic heterocycles. The van der Waals surface area contributed by atoms with E-state index in [2.05, 4.69) is 0 Å². The largest absolute Gasteiger partial charge is 0.462 e. The van der Waals surface area contributed by atoms with Crippen molar-refractivity contribution < 1.29 is 9.53 Å². The summed E-state index contributed by atoms with van der Waals surface area (Å²) in [5.41, 5.74) is 6.40. The normalized spacial score (nSPS) is 16.5. The topological polar surface area (TPSA) is 52.3 Å². The minimum Gasteiger partial charge on any atom is -0.462 e. The van der Waals surface area contributed by atoms with Gasteiger partial charge in [-0.3, -0.25) is 0 Å². The molecule has 0 spiro atoms. The number of hydrogen-bond donors (Lipinski definition) is 1. The van der Waals surface area contributed by atoms with Crippen LogP contribution in [0, 0.1) is 5.92 Å². The summed E-state index contributed by atoms with van der Waals surface area (Å²) in [7, 11) is 0. The average Bonchev–Trinajstić information content (AvgIpc) is 2.37. The van der Waals surface area contributed by atoms with Gasteiger partial charge in [-0.15, -0.1) is 0 Å². The molecule has 1 aliphatic carbocycles. The highest BCUT2D eigenvalue weighted by molar-refractivity contribution is 6.34. The minimum atomic E-state index is -0.413. The van der Waals surface area contributed by atoms with Gasteiger partial charge < -0.3 is 10.5 Å². The maximum absolute atomic E-state index is 11.9. The molecule has 0 saturated heterocycles. The van der Waals surface area contributed by atoms with Crippen molar-refractivity contribution in [3.63, 3.8) is 0 Å². The zero-order chi connectivity index (χ0) is 13.0. The SMILES string of the molecule is Nc1cccc(Cl)c1C(=O)OCC1CCCCC1. The number of nitrogens with two attached hydrogens (primary N) is 1. The Morgan fingerprint density at radius 1 is 1.33 bits per heavy atom. The van der Waals surface area contributed by atoms with E-state index < -0.39 is 5.97 Å². The Balaban J connectivity index is 1.95. The van der Waals surface area contributed by atoms with Crippen LogP contribution in [-0.4, -0.2) is 12.6 Å². The second kappa shape index (κ2) is 6.10. The molecule has 0 aromatic heterocycles. The fourth-order valence-corrected chi connectivity index (χ4v) is 2.63. The summed E-state index contributed by atoms with van der Waals surface area (Å²) >= 11 is 5.97. The van der Waals surface area contributed by atoms with E-state index in [9.17, 15) is 4.79 Å². The molecule has 0 atom stereocenters. The molecule has 98 valence electrons. The molecule has 4 heteroatoms. The lowest BCUT2D eigenvalue weighted by Crippen LogP contribution is -2.17. The second-order valence-corrected chi connectivity index (χ2v) is 5.21. The molecule has 3 nitrogen and oxygen atoms in total. The molecular formula is C14H18ClNO2. The van der Waals surface area contributed by atoms with Gasteiger partial charge in [0.05, 0.1) is 11.6 Å². The third kappa shape index (κ3) is 3.16. The van der Waals surface area contributed by atoms with Gasteiger partial charge in [-0.05, 0) is 30.9 Å². The number of ether oxygens (including phenoxy) is 1. The highest BCUT2D eigenvalue weighted by atomic mass is 35.5. The van der Waals surface area contributed by atoms with Crippen molar-refractivity contribution in [2.75, 3.05) is 12.3 Å². The predicted molar refractivity (Wildman–Crippen MR) is 72.7 cm³/mol. The summed E-state index contributed by atoms with van der Waals surface area (Å²) in [5, 5.41) is 0.351. The summed E-state index contributed by atoms with van der Waals surface area (Å²) in [5.74, 6) is 0.0788. The van der Waals surface area contributed by atoms with Gasteiger partial charge in [0.1, 0.15) is 5.56 Å². The van der Waals surface area contributed by atoms with Gasteiger partial charge in [-0.25, -0.2) is 4.79 Å². The number of halogens is 1. The molecule has 0 bridgehead atoms. The van der Waals surface area contributed by atoms with Crippen molar-refractivity contribution in [3.8, 4) is 0 Å². The predicted octanol–water partition coefficient (Wildman–Crippen LogP) is 3.66. The number of carbonyl (C=O) groups excluding carboxylic acids is 1. The molecule has 1 aliphatic rings. The number of hydrogen-bond acceptors (Lipinski definition) is 3. The number of benzene rings is 1. The quantitative estimate of drug-likeness (QED) is 0.672. The standard InChI is InChI=1S/C14H18ClNO2/c15-11-7-4-8-12(16)13(11)14(17)18-9-10-5-2-1-3-6-10/h4,7-8,10H,1-3,5-6,9,16H2. The molecule has 0 heterocycles. The Labute approximate surface area is 112 Å². The summed E-state index contributed by atoms with van der Waals surface area (Å²) in [6.07, 6.45) is 6.05. The van der Waals surface area contributed by atoms with Crippen molar-refractivity contribution in [2.24, 2.45) is 5.92 Å². The molecule has 0 unspecified atom stereocenters. The van der Waals surface area contributed by atoms with Crippen molar-refractivity contribution >= 4 is 23.3 Å². The van der Waals surface area contributed by atoms with E-state index in [-0.39, 0.29) is 5.56 Å². The summed E-state index contributed by atoms with van der Waals surface area (Å²) < 4.78 is 5.33. The van der Waals surface area contributed by atoms with Crippen LogP contribution in [-0.2, 0) is 4.74 Å². The number of anilines is 1. The summed E-state index contributed by atoms with van der Waals surface area (Å²) in [6, 6.07) is 5.02. The van der Waals surface area contributed by atoms with Crippen LogP contribution in [0.2, 0.25) is 5.02 Å². The van der Waals surface area contributed by atoms with Crippen molar-refractivity contribution in [1.82, 2.24) is 0 Å². The molecule has 18 heavy (non-hydrogen) atoms. The summed E-state index contributed by atoms with van der Waals surface area (Å²) in [4.78, 5) is 11.9. The van der Waals surface area contributed by atoms with Crippen LogP contribution < -0.4 is 5.73 Å². The van der Waals surface area contributed by atoms with E-state index in [0.717, 1.165) is 12.8 Å². The smallest absolute Gasteiger partial charge is 0.341 e. The highest BCUT2D eigenvalue weighted by Gasteiger charge is 2.19. The zero-order valence-electron chi connectivity index (χ0n) is 10.3. The Kier molecular flexibility index (Phi) is 4.48. The number of carbonyl (C=O) groups is 1. The van der Waals surface area contributed by atoms with E-state index in [1.54, 1.807) is 18.2 Å². The molecule has 1 fully saturated rings. The van der Waals surface area contributed by atoms with Crippen molar-refractivity contribution in [3.05, 3.63) is 28.8 Å². The molecule has 0 amide bonds. The molecular weight excluding hydrogens is 250 g/mol. The number of nitrogen functional groups attached to an aromatic ring is 1. The molecule has 2 rings (SSSR count). The van der Waals surface area contributed by atoms with Crippen LogP contribution >= 0.6 is 11.6 Å². The maximum atomic E-state index is 11.9. The first-order chi connectivity index (χ1) is 8.68. The van der Waals surface area contributed by atoms with Crippen molar-refractivity contribution in [2.45, 2.75) is 32.1 Å². The Hall–Kier alpha value is -1.22. The van der Waals surface area contributed by atoms with Crippen LogP contribution in [0.15, 0.2) is 18.2 Å². The first kappa shape index (κ1) is 13.2. The van der Waals surface area contributed by atoms with Crippen LogP contribution in [0.4, 0.5) is 5.69 Å². The first-order valence-electron chi connectivity index (χ1n) is 6.39. The van der Waals surface area contributed by atoms with Crippen LogP contribution in [0.5, 0.6) is 0 Å². The van der Waals surface area contributed by atoms with Crippen LogP contribution in [0.3, 0.4) is 0 Å². The molecule has 1 aromatic rings. The van der Waals surface area contributed by atoms with Crippen LogP contribution in [0.25, 0.3) is 0 Å². The summed E-state index contributed by atoms with van der Waals surface area (Å²) in [6.45, 7) is 0.476. The zero-order valence-corrected chi connectivity index (χ0v) is 11.1. The number of rotatable bonds is 3. The monoisotopic (exact) mass is 267 g/mol. The van der Waals surface area contributed by atoms with E-state index >= 15 is 0 Å². The molecule has 1 aromatic carbocycles. The van der Waals surface area contributed by atoms with Crippen molar-refractivity contribution in [1.29, 1.82) is 0 Å². The Morgan fingerprint density at radius 3 is 2.72 bits per heavy atom. The average molecular weight is 268 g/mol. The van der Waals surface area contributed by atoms with Gasteiger partial charge >= 0.3 is 5.97 Å². The van der Waals surface area contributed by atoms with Gasteiger partial charge in [-0.2, -0.15) is 0 Å². The van der Waals surface area contributed by atoms with E-state index in [0.29, 0.717) is 23.2 Å². The molecule has 1 saturated carbocycles. The fraction of sp³-hybridized carbons (Fsp3) is 0.500. The lowest BCUT2D eigenvalue weighted by molar-refractivity contribution is 0.0411. The van der Waals surface area contributed by atoms with E-state index in [4.69, 9.17) is 22.1 Å².